The van der Waals surface area contributed by atoms with Crippen LogP contribution in [0, 0.1) is 0 Å². The maximum Gasteiger partial charge on any atom is 0.339 e. The number of aromatic hydroxyl groups is 1. The summed E-state index contributed by atoms with van der Waals surface area (Å²) in [4.78, 5) is 24.8. The van der Waals surface area contributed by atoms with Gasteiger partial charge in [0.1, 0.15) is 17.1 Å². The fraction of sp³-hybridized carbons (Fsp3) is 0.294. The van der Waals surface area contributed by atoms with Gasteiger partial charge >= 0.3 is 5.97 Å². The molecule has 2 aromatic carbocycles. The zero-order valence-electron chi connectivity index (χ0n) is 12.9. The van der Waals surface area contributed by atoms with Crippen molar-refractivity contribution >= 4 is 22.6 Å². The van der Waals surface area contributed by atoms with Crippen molar-refractivity contribution in [2.45, 2.75) is 0 Å². The Morgan fingerprint density at radius 3 is 2.58 bits per heavy atom. The first-order valence-electron chi connectivity index (χ1n) is 7.53. The number of carbonyl (C=O) groups excluding carboxylic acids is 1. The summed E-state index contributed by atoms with van der Waals surface area (Å²) in [7, 11) is 0. The van der Waals surface area contributed by atoms with E-state index in [1.807, 2.05) is 0 Å². The summed E-state index contributed by atoms with van der Waals surface area (Å²) >= 11 is 0. The fourth-order valence-corrected chi connectivity index (χ4v) is 2.57. The molecule has 1 amide bonds. The Morgan fingerprint density at radius 1 is 1.12 bits per heavy atom. The van der Waals surface area contributed by atoms with E-state index in [1.54, 1.807) is 23.1 Å². The first-order chi connectivity index (χ1) is 11.5. The number of fused-ring (bicyclic) bond motifs is 1. The summed E-state index contributed by atoms with van der Waals surface area (Å²) in [5.74, 6) is -1.14. The average Bonchev–Trinajstić information content (AvgIpc) is 2.59. The monoisotopic (exact) mass is 331 g/mol. The highest BCUT2D eigenvalue weighted by Crippen LogP contribution is 2.28. The summed E-state index contributed by atoms with van der Waals surface area (Å²) in [5, 5.41) is 20.1. The molecular weight excluding hydrogens is 314 g/mol. The van der Waals surface area contributed by atoms with E-state index < -0.39 is 5.97 Å². The zero-order chi connectivity index (χ0) is 17.1. The molecule has 1 saturated heterocycles. The highest BCUT2D eigenvalue weighted by atomic mass is 16.5. The number of hydrogen-bond donors (Lipinski definition) is 2. The van der Waals surface area contributed by atoms with Crippen molar-refractivity contribution in [1.82, 2.24) is 4.90 Å². The van der Waals surface area contributed by atoms with Crippen LogP contribution in [0.4, 0.5) is 0 Å². The molecule has 1 heterocycles. The Balaban J connectivity index is 1.74. The van der Waals surface area contributed by atoms with Crippen LogP contribution < -0.4 is 4.74 Å². The van der Waals surface area contributed by atoms with Gasteiger partial charge in [-0.2, -0.15) is 0 Å². The van der Waals surface area contributed by atoms with Crippen LogP contribution in [0.15, 0.2) is 30.3 Å². The number of nitrogens with zero attached hydrogens (tertiary/aromatic N) is 1. The Bertz CT molecular complexity index is 782. The molecule has 0 atom stereocenters. The Hall–Kier alpha value is -2.80. The van der Waals surface area contributed by atoms with E-state index in [4.69, 9.17) is 14.6 Å². The summed E-state index contributed by atoms with van der Waals surface area (Å²) in [5.41, 5.74) is -0.177. The SMILES string of the molecule is O=C(O)c1cc2cc(OCC(=O)N3CCOCC3)ccc2cc1O. The number of carboxylic acids is 1. The number of carboxylic acid groups (broad SMARTS) is 1. The second kappa shape index (κ2) is 6.76. The van der Waals surface area contributed by atoms with Gasteiger partial charge in [-0.3, -0.25) is 4.79 Å². The number of benzene rings is 2. The first kappa shape index (κ1) is 16.1. The molecule has 1 fully saturated rings. The number of rotatable bonds is 4. The highest BCUT2D eigenvalue weighted by Gasteiger charge is 2.17. The number of amides is 1. The molecule has 0 aromatic heterocycles. The Kier molecular flexibility index (Phi) is 4.52. The number of aromatic carboxylic acids is 1. The van der Waals surface area contributed by atoms with Gasteiger partial charge in [0.25, 0.3) is 5.91 Å². The molecule has 2 N–H and O–H groups in total. The van der Waals surface area contributed by atoms with E-state index in [1.165, 1.54) is 12.1 Å². The maximum absolute atomic E-state index is 12.1. The molecule has 1 aliphatic rings. The smallest absolute Gasteiger partial charge is 0.339 e. The molecule has 0 spiro atoms. The third-order valence-electron chi connectivity index (χ3n) is 3.88. The minimum Gasteiger partial charge on any atom is -0.507 e. The molecular formula is C17H17NO6. The summed E-state index contributed by atoms with van der Waals surface area (Å²) in [6, 6.07) is 7.79. The van der Waals surface area contributed by atoms with Crippen LogP contribution in [0.3, 0.4) is 0 Å². The van der Waals surface area contributed by atoms with E-state index in [0.717, 1.165) is 0 Å². The second-order valence-electron chi connectivity index (χ2n) is 5.47. The van der Waals surface area contributed by atoms with E-state index >= 15 is 0 Å². The van der Waals surface area contributed by atoms with E-state index in [9.17, 15) is 14.7 Å². The van der Waals surface area contributed by atoms with Crippen LogP contribution in [-0.4, -0.2) is 59.9 Å². The lowest BCUT2D eigenvalue weighted by Gasteiger charge is -2.26. The lowest BCUT2D eigenvalue weighted by atomic mass is 10.1. The zero-order valence-corrected chi connectivity index (χ0v) is 12.9. The molecule has 24 heavy (non-hydrogen) atoms. The van der Waals surface area contributed by atoms with Crippen molar-refractivity contribution in [2.24, 2.45) is 0 Å². The summed E-state index contributed by atoms with van der Waals surface area (Å²) in [6.07, 6.45) is 0. The number of morpholine rings is 1. The van der Waals surface area contributed by atoms with Gasteiger partial charge in [-0.15, -0.1) is 0 Å². The predicted molar refractivity (Wildman–Crippen MR) is 85.5 cm³/mol. The van der Waals surface area contributed by atoms with Crippen LogP contribution in [0.1, 0.15) is 10.4 Å². The Morgan fingerprint density at radius 2 is 1.88 bits per heavy atom. The van der Waals surface area contributed by atoms with E-state index in [2.05, 4.69) is 0 Å². The standard InChI is InChI=1S/C17H17NO6/c19-15-9-11-1-2-13(7-12(11)8-14(15)17(21)22)24-10-16(20)18-3-5-23-6-4-18/h1-2,7-9,19H,3-6,10H2,(H,21,22). The lowest BCUT2D eigenvalue weighted by Crippen LogP contribution is -2.42. The van der Waals surface area contributed by atoms with Crippen LogP contribution >= 0.6 is 0 Å². The molecule has 7 nitrogen and oxygen atoms in total. The second-order valence-corrected chi connectivity index (χ2v) is 5.47. The van der Waals surface area contributed by atoms with Crippen LogP contribution in [-0.2, 0) is 9.53 Å². The predicted octanol–water partition coefficient (Wildman–Crippen LogP) is 1.48. The van der Waals surface area contributed by atoms with Gasteiger partial charge in [-0.1, -0.05) is 6.07 Å². The molecule has 0 bridgehead atoms. The lowest BCUT2D eigenvalue weighted by molar-refractivity contribution is -0.137. The third-order valence-corrected chi connectivity index (χ3v) is 3.88. The quantitative estimate of drug-likeness (QED) is 0.881. The van der Waals surface area contributed by atoms with Crippen molar-refractivity contribution in [3.8, 4) is 11.5 Å². The average molecular weight is 331 g/mol. The van der Waals surface area contributed by atoms with E-state index in [0.29, 0.717) is 42.8 Å². The molecule has 7 heteroatoms. The van der Waals surface area contributed by atoms with Crippen molar-refractivity contribution in [1.29, 1.82) is 0 Å². The molecule has 0 aliphatic carbocycles. The van der Waals surface area contributed by atoms with Crippen molar-refractivity contribution < 1.29 is 29.3 Å². The van der Waals surface area contributed by atoms with Crippen molar-refractivity contribution in [2.75, 3.05) is 32.9 Å². The van der Waals surface area contributed by atoms with Crippen LogP contribution in [0.25, 0.3) is 10.8 Å². The fourth-order valence-electron chi connectivity index (χ4n) is 2.57. The van der Waals surface area contributed by atoms with Gasteiger partial charge in [0, 0.05) is 13.1 Å². The molecule has 0 saturated carbocycles. The molecule has 0 radical (unpaired) electrons. The minimum absolute atomic E-state index is 0.0879. The maximum atomic E-state index is 12.1. The topological polar surface area (TPSA) is 96.3 Å². The minimum atomic E-state index is -1.21. The molecule has 3 rings (SSSR count). The van der Waals surface area contributed by atoms with Gasteiger partial charge in [0.05, 0.1) is 13.2 Å². The van der Waals surface area contributed by atoms with Crippen molar-refractivity contribution in [3.05, 3.63) is 35.9 Å². The molecule has 126 valence electrons. The van der Waals surface area contributed by atoms with Gasteiger partial charge in [-0.25, -0.2) is 4.79 Å². The molecule has 0 unspecified atom stereocenters. The number of hydrogen-bond acceptors (Lipinski definition) is 5. The van der Waals surface area contributed by atoms with Crippen LogP contribution in [0.2, 0.25) is 0 Å². The van der Waals surface area contributed by atoms with Crippen molar-refractivity contribution in [3.63, 3.8) is 0 Å². The summed E-state index contributed by atoms with van der Waals surface area (Å²) in [6.45, 7) is 2.09. The van der Waals surface area contributed by atoms with Gasteiger partial charge in [-0.05, 0) is 35.0 Å². The summed E-state index contributed by atoms with van der Waals surface area (Å²) < 4.78 is 10.7. The molecule has 2 aromatic rings. The van der Waals surface area contributed by atoms with Gasteiger partial charge in [0.15, 0.2) is 6.61 Å². The normalized spacial score (nSPS) is 14.6. The third kappa shape index (κ3) is 3.41. The molecule has 1 aliphatic heterocycles. The van der Waals surface area contributed by atoms with Gasteiger partial charge in [0.2, 0.25) is 0 Å². The Labute approximate surface area is 138 Å². The highest BCUT2D eigenvalue weighted by molar-refractivity contribution is 5.97. The van der Waals surface area contributed by atoms with Crippen LogP contribution in [0.5, 0.6) is 11.5 Å². The van der Waals surface area contributed by atoms with E-state index in [-0.39, 0.29) is 23.8 Å². The number of carbonyl (C=O) groups is 2. The number of ether oxygens (including phenoxy) is 2. The number of phenols is 1. The van der Waals surface area contributed by atoms with Gasteiger partial charge < -0.3 is 24.6 Å². The first-order valence-corrected chi connectivity index (χ1v) is 7.53. The largest absolute Gasteiger partial charge is 0.507 e.